The predicted octanol–water partition coefficient (Wildman–Crippen LogP) is 12.4. The second kappa shape index (κ2) is 41.8. The fraction of sp³-hybridized carbons (Fsp3) is 0.652. The van der Waals surface area contributed by atoms with Crippen LogP contribution in [-0.4, -0.2) is 49.3 Å². The van der Waals surface area contributed by atoms with Gasteiger partial charge in [-0.1, -0.05) is 163 Å². The fourth-order valence-electron chi connectivity index (χ4n) is 5.45. The molecule has 0 aromatic carbocycles. The number of rotatable bonds is 39. The summed E-state index contributed by atoms with van der Waals surface area (Å²) in [6, 6.07) is 0. The number of hydrogen-bond donors (Lipinski definition) is 2. The van der Waals surface area contributed by atoms with Crippen LogP contribution in [0.1, 0.15) is 162 Å². The minimum Gasteiger partial charge on any atom is -0.462 e. The molecular formula is C46H78NO8P. The summed E-state index contributed by atoms with van der Waals surface area (Å²) < 4.78 is 32.7. The van der Waals surface area contributed by atoms with Gasteiger partial charge in [0.2, 0.25) is 0 Å². The molecule has 0 saturated heterocycles. The van der Waals surface area contributed by atoms with Gasteiger partial charge in [0, 0.05) is 19.4 Å². The van der Waals surface area contributed by atoms with Crippen LogP contribution >= 0.6 is 7.82 Å². The Hall–Kier alpha value is -2.81. The van der Waals surface area contributed by atoms with Crippen LogP contribution in [0.4, 0.5) is 0 Å². The van der Waals surface area contributed by atoms with Gasteiger partial charge in [0.05, 0.1) is 13.2 Å². The van der Waals surface area contributed by atoms with E-state index >= 15 is 0 Å². The van der Waals surface area contributed by atoms with Crippen molar-refractivity contribution < 1.29 is 37.6 Å². The third-order valence-corrected chi connectivity index (χ3v) is 9.57. The summed E-state index contributed by atoms with van der Waals surface area (Å²) in [5.74, 6) is -0.868. The Bertz CT molecular complexity index is 1190. The Balaban J connectivity index is 4.14. The quantitative estimate of drug-likeness (QED) is 0.0205. The van der Waals surface area contributed by atoms with Crippen molar-refractivity contribution in [3.05, 3.63) is 85.1 Å². The van der Waals surface area contributed by atoms with Crippen molar-refractivity contribution in [3.63, 3.8) is 0 Å². The third-order valence-electron chi connectivity index (χ3n) is 8.59. The minimum absolute atomic E-state index is 0.0443. The van der Waals surface area contributed by atoms with E-state index in [0.717, 1.165) is 96.3 Å². The van der Waals surface area contributed by atoms with Crippen LogP contribution < -0.4 is 5.73 Å². The molecule has 320 valence electrons. The van der Waals surface area contributed by atoms with Crippen molar-refractivity contribution in [1.29, 1.82) is 0 Å². The monoisotopic (exact) mass is 804 g/mol. The molecule has 0 bridgehead atoms. The molecule has 2 unspecified atom stereocenters. The lowest BCUT2D eigenvalue weighted by Crippen LogP contribution is -2.29. The summed E-state index contributed by atoms with van der Waals surface area (Å²) in [4.78, 5) is 34.8. The van der Waals surface area contributed by atoms with E-state index < -0.39 is 32.5 Å². The number of hydrogen-bond acceptors (Lipinski definition) is 8. The molecule has 0 spiro atoms. The summed E-state index contributed by atoms with van der Waals surface area (Å²) in [7, 11) is -4.39. The number of ether oxygens (including phenoxy) is 2. The van der Waals surface area contributed by atoms with Crippen LogP contribution in [0, 0.1) is 0 Å². The number of carbonyl (C=O) groups excluding carboxylic acids is 2. The average Bonchev–Trinajstić information content (AvgIpc) is 3.18. The van der Waals surface area contributed by atoms with Gasteiger partial charge in [-0.3, -0.25) is 18.6 Å². The molecule has 0 radical (unpaired) electrons. The molecule has 0 heterocycles. The molecule has 0 fully saturated rings. The number of esters is 2. The molecule has 0 aliphatic heterocycles. The van der Waals surface area contributed by atoms with Crippen LogP contribution in [0.2, 0.25) is 0 Å². The highest BCUT2D eigenvalue weighted by molar-refractivity contribution is 7.47. The first-order valence-corrected chi connectivity index (χ1v) is 23.1. The zero-order valence-electron chi connectivity index (χ0n) is 35.1. The van der Waals surface area contributed by atoms with Gasteiger partial charge in [-0.2, -0.15) is 0 Å². The van der Waals surface area contributed by atoms with Crippen molar-refractivity contribution in [2.45, 2.75) is 168 Å². The lowest BCUT2D eigenvalue weighted by molar-refractivity contribution is -0.161. The lowest BCUT2D eigenvalue weighted by atomic mass is 10.1. The maximum atomic E-state index is 12.5. The molecule has 9 nitrogen and oxygen atoms in total. The van der Waals surface area contributed by atoms with Crippen LogP contribution in [0.15, 0.2) is 85.1 Å². The van der Waals surface area contributed by atoms with Gasteiger partial charge >= 0.3 is 19.8 Å². The van der Waals surface area contributed by atoms with Gasteiger partial charge in [-0.05, 0) is 70.6 Å². The topological polar surface area (TPSA) is 134 Å². The Morgan fingerprint density at radius 3 is 1.57 bits per heavy atom. The van der Waals surface area contributed by atoms with E-state index in [2.05, 4.69) is 80.7 Å². The van der Waals surface area contributed by atoms with Crippen molar-refractivity contribution in [1.82, 2.24) is 0 Å². The molecular weight excluding hydrogens is 725 g/mol. The van der Waals surface area contributed by atoms with E-state index in [0.29, 0.717) is 6.42 Å². The zero-order valence-corrected chi connectivity index (χ0v) is 36.0. The molecule has 0 aliphatic rings. The van der Waals surface area contributed by atoms with Crippen molar-refractivity contribution in [2.75, 3.05) is 26.4 Å². The second-order valence-corrected chi connectivity index (χ2v) is 15.3. The molecule has 2 atom stereocenters. The Kier molecular flexibility index (Phi) is 39.7. The summed E-state index contributed by atoms with van der Waals surface area (Å²) in [6.45, 7) is 3.43. The highest BCUT2D eigenvalue weighted by Gasteiger charge is 2.26. The average molecular weight is 804 g/mol. The molecule has 0 amide bonds. The van der Waals surface area contributed by atoms with E-state index in [-0.39, 0.29) is 32.6 Å². The number of phosphoric acid groups is 1. The van der Waals surface area contributed by atoms with Crippen LogP contribution in [0.25, 0.3) is 0 Å². The molecule has 0 aromatic heterocycles. The summed E-state index contributed by atoms with van der Waals surface area (Å²) >= 11 is 0. The Morgan fingerprint density at radius 1 is 0.554 bits per heavy atom. The van der Waals surface area contributed by atoms with E-state index in [1.807, 2.05) is 18.2 Å². The largest absolute Gasteiger partial charge is 0.472 e. The summed E-state index contributed by atoms with van der Waals surface area (Å²) in [5, 5.41) is 0. The first-order valence-electron chi connectivity index (χ1n) is 21.6. The zero-order chi connectivity index (χ0) is 41.1. The smallest absolute Gasteiger partial charge is 0.462 e. The van der Waals surface area contributed by atoms with Crippen molar-refractivity contribution in [2.24, 2.45) is 5.73 Å². The minimum atomic E-state index is -4.39. The molecule has 3 N–H and O–H groups in total. The number of nitrogens with two attached hydrogens (primary N) is 1. The van der Waals surface area contributed by atoms with Gasteiger partial charge in [0.1, 0.15) is 6.61 Å². The molecule has 56 heavy (non-hydrogen) atoms. The number of phosphoric ester groups is 1. The van der Waals surface area contributed by atoms with Gasteiger partial charge in [0.15, 0.2) is 6.10 Å². The van der Waals surface area contributed by atoms with E-state index in [1.165, 1.54) is 32.1 Å². The first kappa shape index (κ1) is 53.2. The first-order chi connectivity index (χ1) is 27.3. The van der Waals surface area contributed by atoms with Gasteiger partial charge in [-0.25, -0.2) is 4.57 Å². The van der Waals surface area contributed by atoms with Crippen molar-refractivity contribution in [3.8, 4) is 0 Å². The Morgan fingerprint density at radius 2 is 1.02 bits per heavy atom. The summed E-state index contributed by atoms with van der Waals surface area (Å²) in [5.41, 5.74) is 5.34. The van der Waals surface area contributed by atoms with Crippen LogP contribution in [0.3, 0.4) is 0 Å². The molecule has 0 aromatic rings. The number of carbonyl (C=O) groups is 2. The maximum absolute atomic E-state index is 12.5. The second-order valence-electron chi connectivity index (χ2n) is 13.9. The normalized spacial score (nSPS) is 14.1. The van der Waals surface area contributed by atoms with Gasteiger partial charge < -0.3 is 20.1 Å². The molecule has 10 heteroatoms. The molecule has 0 rings (SSSR count). The van der Waals surface area contributed by atoms with E-state index in [9.17, 15) is 19.0 Å². The highest BCUT2D eigenvalue weighted by atomic mass is 31.2. The maximum Gasteiger partial charge on any atom is 0.472 e. The fourth-order valence-corrected chi connectivity index (χ4v) is 6.21. The highest BCUT2D eigenvalue weighted by Crippen LogP contribution is 2.43. The van der Waals surface area contributed by atoms with Crippen LogP contribution in [-0.2, 0) is 32.7 Å². The number of unbranched alkanes of at least 4 members (excludes halogenated alkanes) is 14. The summed E-state index contributed by atoms with van der Waals surface area (Å²) in [6.07, 6.45) is 51.9. The van der Waals surface area contributed by atoms with Gasteiger partial charge in [0.25, 0.3) is 0 Å². The standard InChI is InChI=1S/C46H78NO8P/c1-3-5-7-9-11-13-15-17-18-19-20-21-22-23-24-25-27-28-30-32-34-36-38-45(48)52-42-44(43-54-56(50,51)53-41-40-47)55-46(49)39-37-35-33-31-29-26-16-14-12-10-8-6-4-2/h5-8,10-14,16-18,20-21,44H,3-4,9,15,19,22-43,47H2,1-2H3,(H,50,51)/b7-5+,8-6+,12-10+,13-11+,16-14+,18-17+,21-20+. The van der Waals surface area contributed by atoms with Crippen LogP contribution in [0.5, 0.6) is 0 Å². The SMILES string of the molecule is CC/C=C/C=C/C=C/CCCCCCCC(=O)OC(COC(=O)CCCCCCCCCCC/C=C/C/C=C/C/C=C/C/C=C/CC)COP(=O)(O)OCCN. The third kappa shape index (κ3) is 40.8. The number of allylic oxidation sites excluding steroid dienone is 14. The lowest BCUT2D eigenvalue weighted by Gasteiger charge is -2.19. The van der Waals surface area contributed by atoms with E-state index in [4.69, 9.17) is 24.3 Å². The van der Waals surface area contributed by atoms with Gasteiger partial charge in [-0.15, -0.1) is 0 Å². The van der Waals surface area contributed by atoms with Crippen molar-refractivity contribution >= 4 is 19.8 Å². The Labute approximate surface area is 341 Å². The van der Waals surface area contributed by atoms with E-state index in [1.54, 1.807) is 0 Å². The molecule has 0 saturated carbocycles. The molecule has 0 aliphatic carbocycles. The predicted molar refractivity (Wildman–Crippen MR) is 233 cm³/mol.